The van der Waals surface area contributed by atoms with E-state index in [2.05, 4.69) is 0 Å². The molecule has 0 aromatic heterocycles. The second kappa shape index (κ2) is 8.61. The van der Waals surface area contributed by atoms with Crippen molar-refractivity contribution in [1.29, 1.82) is 0 Å². The van der Waals surface area contributed by atoms with Gasteiger partial charge in [-0.3, -0.25) is 9.59 Å². The van der Waals surface area contributed by atoms with Crippen LogP contribution in [0.3, 0.4) is 0 Å². The highest BCUT2D eigenvalue weighted by molar-refractivity contribution is 6.46. The van der Waals surface area contributed by atoms with Crippen molar-refractivity contribution < 1.29 is 29.3 Å². The molecule has 2 heterocycles. The summed E-state index contributed by atoms with van der Waals surface area (Å²) >= 11 is 5.94. The van der Waals surface area contributed by atoms with Gasteiger partial charge in [-0.15, -0.1) is 0 Å². The van der Waals surface area contributed by atoms with Crippen molar-refractivity contribution in [3.8, 4) is 11.5 Å². The number of carbonyl (C=O) groups is 2. The van der Waals surface area contributed by atoms with Crippen LogP contribution in [0.1, 0.15) is 30.0 Å². The summed E-state index contributed by atoms with van der Waals surface area (Å²) in [7, 11) is 1.41. The molecule has 1 amide bonds. The van der Waals surface area contributed by atoms with Gasteiger partial charge in [-0.25, -0.2) is 0 Å². The maximum absolute atomic E-state index is 13.0. The van der Waals surface area contributed by atoms with Crippen molar-refractivity contribution in [3.63, 3.8) is 0 Å². The van der Waals surface area contributed by atoms with Crippen molar-refractivity contribution in [2.75, 3.05) is 20.3 Å². The largest absolute Gasteiger partial charge is 0.507 e. The number of hydrogen-bond acceptors (Lipinski definition) is 6. The lowest BCUT2D eigenvalue weighted by Crippen LogP contribution is -2.36. The Morgan fingerprint density at radius 3 is 2.61 bits per heavy atom. The SMILES string of the molecule is COc1cc([C@H]2C(=C(O)c3ccc(Cl)cc3)C(=O)C(=O)N2C[C@@H]2CCCO2)ccc1O. The Labute approximate surface area is 184 Å². The molecule has 2 saturated heterocycles. The maximum Gasteiger partial charge on any atom is 0.295 e. The Bertz CT molecular complexity index is 1040. The number of nitrogens with zero attached hydrogens (tertiary/aromatic N) is 1. The van der Waals surface area contributed by atoms with Gasteiger partial charge < -0.3 is 24.6 Å². The van der Waals surface area contributed by atoms with Gasteiger partial charge in [-0.2, -0.15) is 0 Å². The first kappa shape index (κ1) is 21.2. The van der Waals surface area contributed by atoms with Crippen LogP contribution in [-0.2, 0) is 14.3 Å². The molecule has 2 N–H and O–H groups in total. The molecule has 2 fully saturated rings. The first-order chi connectivity index (χ1) is 14.9. The minimum Gasteiger partial charge on any atom is -0.507 e. The molecule has 2 aromatic carbocycles. The van der Waals surface area contributed by atoms with Crippen LogP contribution in [0.4, 0.5) is 0 Å². The van der Waals surface area contributed by atoms with E-state index in [0.717, 1.165) is 12.8 Å². The number of ether oxygens (including phenoxy) is 2. The highest BCUT2D eigenvalue weighted by Crippen LogP contribution is 2.42. The molecule has 2 aliphatic heterocycles. The number of methoxy groups -OCH3 is 1. The van der Waals surface area contributed by atoms with E-state index in [0.29, 0.717) is 22.8 Å². The Kier molecular flexibility index (Phi) is 5.89. The number of Topliss-reactive ketones (excluding diaryl/α,β-unsaturated/α-hetero) is 1. The summed E-state index contributed by atoms with van der Waals surface area (Å²) in [6, 6.07) is 10.1. The smallest absolute Gasteiger partial charge is 0.295 e. The van der Waals surface area contributed by atoms with Crippen LogP contribution >= 0.6 is 11.6 Å². The maximum atomic E-state index is 13.0. The molecular formula is C23H22ClNO6. The predicted octanol–water partition coefficient (Wildman–Crippen LogP) is 3.65. The number of hydrogen-bond donors (Lipinski definition) is 2. The van der Waals surface area contributed by atoms with Crippen LogP contribution in [0.15, 0.2) is 48.0 Å². The minimum absolute atomic E-state index is 0.0296. The second-order valence-electron chi connectivity index (χ2n) is 7.52. The van der Waals surface area contributed by atoms with Crippen molar-refractivity contribution in [1.82, 2.24) is 4.90 Å². The lowest BCUT2D eigenvalue weighted by molar-refractivity contribution is -0.140. The Hall–Kier alpha value is -3.03. The van der Waals surface area contributed by atoms with Gasteiger partial charge in [-0.05, 0) is 54.8 Å². The highest BCUT2D eigenvalue weighted by atomic mass is 35.5. The number of aliphatic hydroxyl groups is 1. The van der Waals surface area contributed by atoms with E-state index in [1.54, 1.807) is 36.4 Å². The standard InChI is InChI=1S/C23H22ClNO6/c1-30-18-11-14(6-9-17(18)26)20-19(21(27)13-4-7-15(24)8-5-13)22(28)23(29)25(20)12-16-3-2-10-31-16/h4-9,11,16,20,26-27H,2-3,10,12H2,1H3/t16-,20-/m0/s1. The Morgan fingerprint density at radius 1 is 1.23 bits per heavy atom. The molecule has 2 aliphatic rings. The number of aromatic hydroxyl groups is 1. The molecule has 0 unspecified atom stereocenters. The number of rotatable bonds is 5. The monoisotopic (exact) mass is 443 g/mol. The molecule has 7 nitrogen and oxygen atoms in total. The normalized spacial score (nSPS) is 22.8. The molecular weight excluding hydrogens is 422 g/mol. The summed E-state index contributed by atoms with van der Waals surface area (Å²) in [5.74, 6) is -1.64. The van der Waals surface area contributed by atoms with Crippen LogP contribution in [0.25, 0.3) is 5.76 Å². The molecule has 0 bridgehead atoms. The molecule has 0 saturated carbocycles. The number of phenols is 1. The third-order valence-electron chi connectivity index (χ3n) is 5.60. The van der Waals surface area contributed by atoms with Gasteiger partial charge >= 0.3 is 0 Å². The topological polar surface area (TPSA) is 96.3 Å². The number of halogens is 1. The number of aliphatic hydroxyl groups excluding tert-OH is 1. The van der Waals surface area contributed by atoms with Crippen LogP contribution < -0.4 is 4.74 Å². The quantitative estimate of drug-likeness (QED) is 0.416. The first-order valence-electron chi connectivity index (χ1n) is 9.93. The van der Waals surface area contributed by atoms with Gasteiger partial charge in [0.1, 0.15) is 5.76 Å². The zero-order chi connectivity index (χ0) is 22.1. The Morgan fingerprint density at radius 2 is 1.97 bits per heavy atom. The summed E-state index contributed by atoms with van der Waals surface area (Å²) in [6.07, 6.45) is 1.48. The molecule has 0 aliphatic carbocycles. The number of phenolic OH excluding ortho intramolecular Hbond substituents is 1. The summed E-state index contributed by atoms with van der Waals surface area (Å²) in [4.78, 5) is 27.4. The lowest BCUT2D eigenvalue weighted by atomic mass is 9.95. The molecule has 162 valence electrons. The van der Waals surface area contributed by atoms with Crippen LogP contribution in [0.5, 0.6) is 11.5 Å². The lowest BCUT2D eigenvalue weighted by Gasteiger charge is -2.27. The molecule has 4 rings (SSSR count). The molecule has 2 aromatic rings. The summed E-state index contributed by atoms with van der Waals surface area (Å²) in [5.41, 5.74) is 0.871. The first-order valence-corrected chi connectivity index (χ1v) is 10.3. The second-order valence-corrected chi connectivity index (χ2v) is 7.96. The average Bonchev–Trinajstić information content (AvgIpc) is 3.37. The molecule has 0 spiro atoms. The van der Waals surface area contributed by atoms with E-state index in [-0.39, 0.29) is 35.5 Å². The number of amides is 1. The van der Waals surface area contributed by atoms with E-state index in [4.69, 9.17) is 21.1 Å². The van der Waals surface area contributed by atoms with E-state index < -0.39 is 17.7 Å². The van der Waals surface area contributed by atoms with Gasteiger partial charge in [0.2, 0.25) is 0 Å². The zero-order valence-electron chi connectivity index (χ0n) is 16.9. The van der Waals surface area contributed by atoms with Gasteiger partial charge in [0.05, 0.1) is 24.8 Å². The third kappa shape index (κ3) is 3.98. The van der Waals surface area contributed by atoms with E-state index >= 15 is 0 Å². The fraction of sp³-hybridized carbons (Fsp3) is 0.304. The van der Waals surface area contributed by atoms with Gasteiger partial charge in [0.15, 0.2) is 11.5 Å². The van der Waals surface area contributed by atoms with Crippen LogP contribution in [-0.4, -0.2) is 53.2 Å². The van der Waals surface area contributed by atoms with E-state index in [9.17, 15) is 19.8 Å². The Balaban J connectivity index is 1.85. The number of benzene rings is 2. The fourth-order valence-electron chi connectivity index (χ4n) is 4.05. The summed E-state index contributed by atoms with van der Waals surface area (Å²) < 4.78 is 10.9. The highest BCUT2D eigenvalue weighted by Gasteiger charge is 2.47. The molecule has 31 heavy (non-hydrogen) atoms. The van der Waals surface area contributed by atoms with Gasteiger partial charge in [0, 0.05) is 23.7 Å². The van der Waals surface area contributed by atoms with Crippen LogP contribution in [0, 0.1) is 0 Å². The van der Waals surface area contributed by atoms with Crippen molar-refractivity contribution in [2.45, 2.75) is 25.0 Å². The third-order valence-corrected chi connectivity index (χ3v) is 5.85. The fourth-order valence-corrected chi connectivity index (χ4v) is 4.18. The van der Waals surface area contributed by atoms with Crippen molar-refractivity contribution in [2.24, 2.45) is 0 Å². The summed E-state index contributed by atoms with van der Waals surface area (Å²) in [6.45, 7) is 0.826. The predicted molar refractivity (Wildman–Crippen MR) is 114 cm³/mol. The number of ketones is 1. The number of likely N-dealkylation sites (tertiary alicyclic amines) is 1. The average molecular weight is 444 g/mol. The zero-order valence-corrected chi connectivity index (χ0v) is 17.6. The molecule has 0 radical (unpaired) electrons. The summed E-state index contributed by atoms with van der Waals surface area (Å²) in [5, 5.41) is 21.5. The minimum atomic E-state index is -0.852. The van der Waals surface area contributed by atoms with Crippen molar-refractivity contribution >= 4 is 29.1 Å². The molecule has 8 heteroatoms. The van der Waals surface area contributed by atoms with E-state index in [1.165, 1.54) is 18.1 Å². The van der Waals surface area contributed by atoms with Gasteiger partial charge in [0.25, 0.3) is 11.7 Å². The molecule has 2 atom stereocenters. The van der Waals surface area contributed by atoms with Crippen molar-refractivity contribution in [3.05, 3.63) is 64.2 Å². The van der Waals surface area contributed by atoms with Crippen LogP contribution in [0.2, 0.25) is 5.02 Å². The van der Waals surface area contributed by atoms with Gasteiger partial charge in [-0.1, -0.05) is 17.7 Å². The van der Waals surface area contributed by atoms with E-state index in [1.807, 2.05) is 0 Å². The number of carbonyl (C=O) groups excluding carboxylic acids is 2.